The second kappa shape index (κ2) is 9.61. The van der Waals surface area contributed by atoms with Gasteiger partial charge in [-0.2, -0.15) is 0 Å². The summed E-state index contributed by atoms with van der Waals surface area (Å²) in [5, 5.41) is 2.85. The number of aryl methyl sites for hydroxylation is 1. The van der Waals surface area contributed by atoms with Crippen molar-refractivity contribution in [2.75, 3.05) is 25.0 Å². The number of esters is 1. The van der Waals surface area contributed by atoms with Crippen LogP contribution in [0, 0.1) is 19.8 Å². The number of ether oxygens (including phenoxy) is 1. The van der Waals surface area contributed by atoms with E-state index >= 15 is 0 Å². The van der Waals surface area contributed by atoms with Crippen molar-refractivity contribution in [2.45, 2.75) is 40.2 Å². The van der Waals surface area contributed by atoms with Gasteiger partial charge in [0.2, 0.25) is 5.78 Å². The minimum absolute atomic E-state index is 0.172. The first-order chi connectivity index (χ1) is 14.4. The van der Waals surface area contributed by atoms with E-state index in [0.717, 1.165) is 23.6 Å². The van der Waals surface area contributed by atoms with Gasteiger partial charge < -0.3 is 19.5 Å². The summed E-state index contributed by atoms with van der Waals surface area (Å²) in [6.07, 6.45) is 1.05. The molecular formula is C23H29N3O4. The number of para-hydroxylation sites is 1. The van der Waals surface area contributed by atoms with E-state index in [9.17, 15) is 14.4 Å². The van der Waals surface area contributed by atoms with Crippen molar-refractivity contribution in [3.8, 4) is 0 Å². The number of carbonyl (C=O) groups excluding carboxylic acids is 3. The molecule has 0 spiro atoms. The Kier molecular flexibility index (Phi) is 6.92. The van der Waals surface area contributed by atoms with Crippen LogP contribution in [0.15, 0.2) is 36.4 Å². The molecule has 1 aliphatic heterocycles. The number of likely N-dealkylation sites (tertiary alicyclic amines) is 1. The molecule has 0 aliphatic carbocycles. The summed E-state index contributed by atoms with van der Waals surface area (Å²) in [5.74, 6) is -0.840. The molecule has 160 valence electrons. The zero-order valence-electron chi connectivity index (χ0n) is 17.8. The van der Waals surface area contributed by atoms with Crippen LogP contribution in [-0.2, 0) is 16.1 Å². The second-order valence-corrected chi connectivity index (χ2v) is 7.62. The number of Topliss-reactive ketones (excluding diaryl/α,β-unsaturated/α-hetero) is 1. The number of nitrogens with zero attached hydrogens (tertiary/aromatic N) is 2. The summed E-state index contributed by atoms with van der Waals surface area (Å²) in [6, 6.07) is 10.9. The average molecular weight is 412 g/mol. The Morgan fingerprint density at radius 1 is 1.10 bits per heavy atom. The number of hydrogen-bond acceptors (Lipinski definition) is 4. The minimum Gasteiger partial charge on any atom is -0.457 e. The van der Waals surface area contributed by atoms with Crippen LogP contribution >= 0.6 is 0 Å². The van der Waals surface area contributed by atoms with Gasteiger partial charge in [0, 0.05) is 42.3 Å². The van der Waals surface area contributed by atoms with Gasteiger partial charge in [0.05, 0.1) is 5.92 Å². The number of carbonyl (C=O) groups is 3. The van der Waals surface area contributed by atoms with Crippen LogP contribution in [0.5, 0.6) is 0 Å². The monoisotopic (exact) mass is 411 g/mol. The normalized spacial score (nSPS) is 14.4. The molecule has 3 rings (SSSR count). The number of hydrogen-bond donors (Lipinski definition) is 1. The summed E-state index contributed by atoms with van der Waals surface area (Å²) in [7, 11) is 0. The van der Waals surface area contributed by atoms with Crippen molar-refractivity contribution in [3.05, 3.63) is 53.3 Å². The Bertz CT molecular complexity index is 912. The predicted octanol–water partition coefficient (Wildman–Crippen LogP) is 3.79. The number of amides is 2. The summed E-state index contributed by atoms with van der Waals surface area (Å²) in [5.41, 5.74) is 3.26. The Balaban J connectivity index is 1.46. The van der Waals surface area contributed by atoms with E-state index < -0.39 is 0 Å². The molecule has 2 amide bonds. The molecule has 0 unspecified atom stereocenters. The standard InChI is InChI=1S/C23H29N3O4/c1-4-26-16(2)14-20(17(26)3)21(27)15-30-22(28)18-10-12-25(13-11-18)23(29)24-19-8-6-5-7-9-19/h5-9,14,18H,4,10-13,15H2,1-3H3,(H,24,29). The zero-order chi connectivity index (χ0) is 21.7. The molecule has 0 atom stereocenters. The molecule has 1 saturated heterocycles. The van der Waals surface area contributed by atoms with E-state index in [0.29, 0.717) is 31.5 Å². The average Bonchev–Trinajstić information content (AvgIpc) is 3.05. The van der Waals surface area contributed by atoms with E-state index in [1.165, 1.54) is 0 Å². The third kappa shape index (κ3) is 4.90. The van der Waals surface area contributed by atoms with Gasteiger partial charge in [-0.15, -0.1) is 0 Å². The van der Waals surface area contributed by atoms with Crippen LogP contribution in [0.25, 0.3) is 0 Å². The second-order valence-electron chi connectivity index (χ2n) is 7.62. The first kappa shape index (κ1) is 21.6. The van der Waals surface area contributed by atoms with E-state index in [1.807, 2.05) is 57.2 Å². The van der Waals surface area contributed by atoms with Gasteiger partial charge in [-0.1, -0.05) is 18.2 Å². The maximum atomic E-state index is 12.5. The van der Waals surface area contributed by atoms with Crippen molar-refractivity contribution in [1.29, 1.82) is 0 Å². The highest BCUT2D eigenvalue weighted by Crippen LogP contribution is 2.21. The van der Waals surface area contributed by atoms with Crippen molar-refractivity contribution in [3.63, 3.8) is 0 Å². The topological polar surface area (TPSA) is 80.6 Å². The molecule has 1 aliphatic rings. The van der Waals surface area contributed by atoms with Crippen LogP contribution in [0.3, 0.4) is 0 Å². The molecule has 0 saturated carbocycles. The molecule has 2 aromatic rings. The number of rotatable bonds is 6. The molecule has 1 fully saturated rings. The molecule has 1 aromatic heterocycles. The summed E-state index contributed by atoms with van der Waals surface area (Å²) >= 11 is 0. The largest absolute Gasteiger partial charge is 0.457 e. The Morgan fingerprint density at radius 2 is 1.77 bits per heavy atom. The summed E-state index contributed by atoms with van der Waals surface area (Å²) in [4.78, 5) is 39.0. The van der Waals surface area contributed by atoms with Crippen LogP contribution in [-0.4, -0.2) is 46.9 Å². The molecular weight excluding hydrogens is 382 g/mol. The molecule has 2 heterocycles. The van der Waals surface area contributed by atoms with Gasteiger partial charge in [-0.3, -0.25) is 9.59 Å². The molecule has 7 heteroatoms. The molecule has 7 nitrogen and oxygen atoms in total. The number of urea groups is 1. The lowest BCUT2D eigenvalue weighted by molar-refractivity contribution is -0.148. The van der Waals surface area contributed by atoms with Crippen molar-refractivity contribution in [1.82, 2.24) is 9.47 Å². The van der Waals surface area contributed by atoms with Crippen molar-refractivity contribution >= 4 is 23.5 Å². The van der Waals surface area contributed by atoms with Gasteiger partial charge >= 0.3 is 12.0 Å². The Morgan fingerprint density at radius 3 is 2.37 bits per heavy atom. The summed E-state index contributed by atoms with van der Waals surface area (Å²) in [6.45, 7) is 7.39. The predicted molar refractivity (Wildman–Crippen MR) is 115 cm³/mol. The number of nitrogens with one attached hydrogen (secondary N) is 1. The first-order valence-electron chi connectivity index (χ1n) is 10.4. The van der Waals surface area contributed by atoms with Crippen LogP contribution < -0.4 is 5.32 Å². The Hall–Kier alpha value is -3.09. The van der Waals surface area contributed by atoms with E-state index in [2.05, 4.69) is 9.88 Å². The number of piperidine rings is 1. The molecule has 0 radical (unpaired) electrons. The van der Waals surface area contributed by atoms with E-state index in [1.54, 1.807) is 4.90 Å². The van der Waals surface area contributed by atoms with Crippen LogP contribution in [0.4, 0.5) is 10.5 Å². The first-order valence-corrected chi connectivity index (χ1v) is 10.4. The SMILES string of the molecule is CCn1c(C)cc(C(=O)COC(=O)C2CCN(C(=O)Nc3ccccc3)CC2)c1C. The number of ketones is 1. The maximum absolute atomic E-state index is 12.5. The molecule has 0 bridgehead atoms. The fraction of sp³-hybridized carbons (Fsp3) is 0.435. The molecule has 1 aromatic carbocycles. The van der Waals surface area contributed by atoms with Crippen molar-refractivity contribution < 1.29 is 19.1 Å². The van der Waals surface area contributed by atoms with Crippen LogP contribution in [0.1, 0.15) is 41.5 Å². The van der Waals surface area contributed by atoms with E-state index in [-0.39, 0.29) is 30.3 Å². The lowest BCUT2D eigenvalue weighted by atomic mass is 9.97. The van der Waals surface area contributed by atoms with Gasteiger partial charge in [0.25, 0.3) is 0 Å². The maximum Gasteiger partial charge on any atom is 0.321 e. The lowest BCUT2D eigenvalue weighted by Gasteiger charge is -2.30. The minimum atomic E-state index is -0.365. The number of benzene rings is 1. The highest BCUT2D eigenvalue weighted by molar-refractivity contribution is 5.99. The van der Waals surface area contributed by atoms with Crippen LogP contribution in [0.2, 0.25) is 0 Å². The van der Waals surface area contributed by atoms with Gasteiger partial charge in [-0.25, -0.2) is 4.79 Å². The highest BCUT2D eigenvalue weighted by Gasteiger charge is 2.29. The quantitative estimate of drug-likeness (QED) is 0.579. The highest BCUT2D eigenvalue weighted by atomic mass is 16.5. The molecule has 30 heavy (non-hydrogen) atoms. The number of anilines is 1. The van der Waals surface area contributed by atoms with Crippen molar-refractivity contribution in [2.24, 2.45) is 5.92 Å². The Labute approximate surface area is 177 Å². The zero-order valence-corrected chi connectivity index (χ0v) is 17.8. The third-order valence-electron chi connectivity index (χ3n) is 5.68. The van der Waals surface area contributed by atoms with Gasteiger partial charge in [0.15, 0.2) is 6.61 Å². The smallest absolute Gasteiger partial charge is 0.321 e. The van der Waals surface area contributed by atoms with Gasteiger partial charge in [-0.05, 0) is 51.8 Å². The van der Waals surface area contributed by atoms with Gasteiger partial charge in [0.1, 0.15) is 0 Å². The summed E-state index contributed by atoms with van der Waals surface area (Å²) < 4.78 is 7.37. The number of aromatic nitrogens is 1. The fourth-order valence-electron chi connectivity index (χ4n) is 3.94. The third-order valence-corrected chi connectivity index (χ3v) is 5.68. The fourth-order valence-corrected chi connectivity index (χ4v) is 3.94. The lowest BCUT2D eigenvalue weighted by Crippen LogP contribution is -2.42. The molecule has 1 N–H and O–H groups in total. The van der Waals surface area contributed by atoms with E-state index in [4.69, 9.17) is 4.74 Å².